The Labute approximate surface area is 106 Å². The average Bonchev–Trinajstić information content (AvgIpc) is 2.65. The fourth-order valence-electron chi connectivity index (χ4n) is 2.03. The molecule has 5 nitrogen and oxygen atoms in total. The molecule has 1 aromatic rings. The minimum atomic E-state index is -0.308. The van der Waals surface area contributed by atoms with Gasteiger partial charge in [-0.1, -0.05) is 17.7 Å². The Bertz CT molecular complexity index is 434. The zero-order valence-corrected chi connectivity index (χ0v) is 10.4. The SMILES string of the molecule is Cc1ccc2c(c1)C(NCCOCCO)C(=O)N2. The van der Waals surface area contributed by atoms with E-state index in [1.807, 2.05) is 25.1 Å². The number of aryl methyl sites for hydroxylation is 1. The van der Waals surface area contributed by atoms with E-state index >= 15 is 0 Å². The highest BCUT2D eigenvalue weighted by Gasteiger charge is 2.29. The lowest BCUT2D eigenvalue weighted by molar-refractivity contribution is -0.117. The number of ether oxygens (including phenoxy) is 1. The molecule has 1 aliphatic rings. The third-order valence-corrected chi connectivity index (χ3v) is 2.87. The van der Waals surface area contributed by atoms with Crippen LogP contribution in [0.5, 0.6) is 0 Å². The highest BCUT2D eigenvalue weighted by Crippen LogP contribution is 2.31. The van der Waals surface area contributed by atoms with E-state index in [0.717, 1.165) is 16.8 Å². The van der Waals surface area contributed by atoms with E-state index in [2.05, 4.69) is 10.6 Å². The maximum Gasteiger partial charge on any atom is 0.246 e. The van der Waals surface area contributed by atoms with E-state index in [0.29, 0.717) is 19.8 Å². The van der Waals surface area contributed by atoms with Gasteiger partial charge in [0.1, 0.15) is 6.04 Å². The molecule has 1 amide bonds. The molecular formula is C13H18N2O3. The monoisotopic (exact) mass is 250 g/mol. The molecule has 1 aromatic carbocycles. The van der Waals surface area contributed by atoms with Crippen molar-refractivity contribution < 1.29 is 14.6 Å². The number of aliphatic hydroxyl groups excluding tert-OH is 1. The van der Waals surface area contributed by atoms with Gasteiger partial charge in [-0.05, 0) is 13.0 Å². The smallest absolute Gasteiger partial charge is 0.246 e. The van der Waals surface area contributed by atoms with Crippen molar-refractivity contribution in [1.29, 1.82) is 0 Å². The second-order valence-corrected chi connectivity index (χ2v) is 4.30. The summed E-state index contributed by atoms with van der Waals surface area (Å²) in [6, 6.07) is 5.61. The van der Waals surface area contributed by atoms with Gasteiger partial charge in [0.25, 0.3) is 0 Å². The lowest BCUT2D eigenvalue weighted by Crippen LogP contribution is -2.30. The summed E-state index contributed by atoms with van der Waals surface area (Å²) in [7, 11) is 0. The predicted molar refractivity (Wildman–Crippen MR) is 68.5 cm³/mol. The molecule has 0 saturated heterocycles. The summed E-state index contributed by atoms with van der Waals surface area (Å²) in [6.07, 6.45) is 0. The molecule has 98 valence electrons. The minimum absolute atomic E-state index is 0.0198. The number of nitrogens with one attached hydrogen (secondary N) is 2. The van der Waals surface area contributed by atoms with Crippen molar-refractivity contribution in [2.75, 3.05) is 31.7 Å². The molecule has 1 heterocycles. The first kappa shape index (κ1) is 13.0. The third kappa shape index (κ3) is 2.87. The van der Waals surface area contributed by atoms with Crippen LogP contribution in [0.15, 0.2) is 18.2 Å². The lowest BCUT2D eigenvalue weighted by Gasteiger charge is -2.11. The van der Waals surface area contributed by atoms with Crippen molar-refractivity contribution in [3.63, 3.8) is 0 Å². The summed E-state index contributed by atoms with van der Waals surface area (Å²) >= 11 is 0. The first-order valence-electron chi connectivity index (χ1n) is 6.06. The Morgan fingerprint density at radius 3 is 3.06 bits per heavy atom. The molecule has 3 N–H and O–H groups in total. The van der Waals surface area contributed by atoms with Crippen molar-refractivity contribution in [3.8, 4) is 0 Å². The van der Waals surface area contributed by atoms with Gasteiger partial charge in [-0.2, -0.15) is 0 Å². The van der Waals surface area contributed by atoms with Crippen LogP contribution in [-0.4, -0.2) is 37.4 Å². The second-order valence-electron chi connectivity index (χ2n) is 4.30. The van der Waals surface area contributed by atoms with Crippen LogP contribution in [0.2, 0.25) is 0 Å². The molecule has 5 heteroatoms. The Kier molecular flexibility index (Phi) is 4.30. The fourth-order valence-corrected chi connectivity index (χ4v) is 2.03. The van der Waals surface area contributed by atoms with Crippen molar-refractivity contribution in [3.05, 3.63) is 29.3 Å². The number of carbonyl (C=O) groups is 1. The molecule has 0 fully saturated rings. The van der Waals surface area contributed by atoms with Crippen LogP contribution in [0.4, 0.5) is 5.69 Å². The molecule has 0 aromatic heterocycles. The molecule has 0 bridgehead atoms. The third-order valence-electron chi connectivity index (χ3n) is 2.87. The summed E-state index contributed by atoms with van der Waals surface area (Å²) in [6.45, 7) is 3.40. The molecular weight excluding hydrogens is 232 g/mol. The summed E-state index contributed by atoms with van der Waals surface area (Å²) in [5, 5.41) is 14.6. The normalized spacial score (nSPS) is 17.7. The highest BCUT2D eigenvalue weighted by atomic mass is 16.5. The number of hydrogen-bond acceptors (Lipinski definition) is 4. The number of fused-ring (bicyclic) bond motifs is 1. The largest absolute Gasteiger partial charge is 0.394 e. The van der Waals surface area contributed by atoms with Crippen LogP contribution in [0.1, 0.15) is 17.2 Å². The zero-order chi connectivity index (χ0) is 13.0. The Hall–Kier alpha value is -1.43. The first-order valence-corrected chi connectivity index (χ1v) is 6.06. The Balaban J connectivity index is 1.93. The molecule has 2 rings (SSSR count). The fraction of sp³-hybridized carbons (Fsp3) is 0.462. The molecule has 1 atom stereocenters. The predicted octanol–water partition coefficient (Wildman–Crippen LogP) is 0.587. The van der Waals surface area contributed by atoms with Gasteiger partial charge < -0.3 is 15.2 Å². The molecule has 1 unspecified atom stereocenters. The van der Waals surface area contributed by atoms with Gasteiger partial charge in [-0.25, -0.2) is 0 Å². The van der Waals surface area contributed by atoms with E-state index in [-0.39, 0.29) is 18.6 Å². The topological polar surface area (TPSA) is 70.6 Å². The van der Waals surface area contributed by atoms with E-state index in [4.69, 9.17) is 9.84 Å². The van der Waals surface area contributed by atoms with Gasteiger partial charge in [0.05, 0.1) is 19.8 Å². The van der Waals surface area contributed by atoms with Gasteiger partial charge >= 0.3 is 0 Å². The molecule has 0 radical (unpaired) electrons. The Morgan fingerprint density at radius 2 is 2.28 bits per heavy atom. The summed E-state index contributed by atoms with van der Waals surface area (Å²) < 4.78 is 5.15. The van der Waals surface area contributed by atoms with Crippen molar-refractivity contribution in [2.45, 2.75) is 13.0 Å². The summed E-state index contributed by atoms with van der Waals surface area (Å²) in [5.41, 5.74) is 3.00. The number of rotatable bonds is 6. The number of hydrogen-bond donors (Lipinski definition) is 3. The van der Waals surface area contributed by atoms with Gasteiger partial charge in [0, 0.05) is 17.8 Å². The first-order chi connectivity index (χ1) is 8.72. The van der Waals surface area contributed by atoms with Crippen molar-refractivity contribution in [1.82, 2.24) is 5.32 Å². The van der Waals surface area contributed by atoms with Crippen LogP contribution < -0.4 is 10.6 Å². The van der Waals surface area contributed by atoms with E-state index in [9.17, 15) is 4.79 Å². The van der Waals surface area contributed by atoms with Gasteiger partial charge in [0.2, 0.25) is 5.91 Å². The Morgan fingerprint density at radius 1 is 1.44 bits per heavy atom. The summed E-state index contributed by atoms with van der Waals surface area (Å²) in [5.74, 6) is -0.0299. The molecule has 18 heavy (non-hydrogen) atoms. The zero-order valence-electron chi connectivity index (χ0n) is 10.4. The summed E-state index contributed by atoms with van der Waals surface area (Å²) in [4.78, 5) is 11.8. The van der Waals surface area contributed by atoms with Crippen LogP contribution in [-0.2, 0) is 9.53 Å². The van der Waals surface area contributed by atoms with E-state index in [1.54, 1.807) is 0 Å². The van der Waals surface area contributed by atoms with E-state index < -0.39 is 0 Å². The van der Waals surface area contributed by atoms with Crippen molar-refractivity contribution in [2.24, 2.45) is 0 Å². The minimum Gasteiger partial charge on any atom is -0.394 e. The van der Waals surface area contributed by atoms with Crippen LogP contribution in [0.25, 0.3) is 0 Å². The van der Waals surface area contributed by atoms with Crippen LogP contribution in [0, 0.1) is 6.92 Å². The van der Waals surface area contributed by atoms with E-state index in [1.165, 1.54) is 0 Å². The lowest BCUT2D eigenvalue weighted by atomic mass is 10.1. The second kappa shape index (κ2) is 5.95. The molecule has 0 spiro atoms. The maximum absolute atomic E-state index is 11.8. The van der Waals surface area contributed by atoms with Gasteiger partial charge in [-0.3, -0.25) is 10.1 Å². The van der Waals surface area contributed by atoms with Crippen LogP contribution in [0.3, 0.4) is 0 Å². The highest BCUT2D eigenvalue weighted by molar-refractivity contribution is 6.02. The van der Waals surface area contributed by atoms with Crippen LogP contribution >= 0.6 is 0 Å². The molecule has 0 saturated carbocycles. The molecule has 0 aliphatic carbocycles. The van der Waals surface area contributed by atoms with Gasteiger partial charge in [-0.15, -0.1) is 0 Å². The number of aliphatic hydroxyl groups is 1. The van der Waals surface area contributed by atoms with Gasteiger partial charge in [0.15, 0.2) is 0 Å². The van der Waals surface area contributed by atoms with Crippen molar-refractivity contribution >= 4 is 11.6 Å². The quantitative estimate of drug-likeness (QED) is 0.646. The maximum atomic E-state index is 11.8. The number of amides is 1. The number of anilines is 1. The average molecular weight is 250 g/mol. The standard InChI is InChI=1S/C13H18N2O3/c1-9-2-3-11-10(8-9)12(13(17)15-11)14-4-6-18-7-5-16/h2-3,8,12,14,16H,4-7H2,1H3,(H,15,17). The number of benzene rings is 1. The number of carbonyl (C=O) groups excluding carboxylic acids is 1. The molecule has 1 aliphatic heterocycles.